The second-order valence-electron chi connectivity index (χ2n) is 8.83. The lowest BCUT2D eigenvalue weighted by molar-refractivity contribution is -0.124. The molecule has 4 fully saturated rings. The molecule has 0 spiro atoms. The van der Waals surface area contributed by atoms with Crippen molar-refractivity contribution in [2.45, 2.75) is 71.3 Å². The third-order valence-electron chi connectivity index (χ3n) is 6.91. The molecule has 3 amide bonds. The number of amides is 3. The van der Waals surface area contributed by atoms with E-state index in [1.54, 1.807) is 0 Å². The molecule has 4 bridgehead atoms. The average molecular weight is 335 g/mol. The fourth-order valence-electron chi connectivity index (χ4n) is 6.01. The first-order valence-corrected chi connectivity index (χ1v) is 9.74. The molecule has 136 valence electrons. The molecule has 24 heavy (non-hydrogen) atoms. The number of carbonyl (C=O) groups is 2. The van der Waals surface area contributed by atoms with Gasteiger partial charge in [0.25, 0.3) is 0 Å². The molecule has 0 saturated heterocycles. The molecule has 0 aliphatic heterocycles. The summed E-state index contributed by atoms with van der Waals surface area (Å²) in [5, 5.41) is 5.67. The van der Waals surface area contributed by atoms with Crippen molar-refractivity contribution >= 4 is 11.9 Å². The first-order chi connectivity index (χ1) is 11.4. The third-order valence-corrected chi connectivity index (χ3v) is 6.91. The Labute approximate surface area is 145 Å². The van der Waals surface area contributed by atoms with Crippen molar-refractivity contribution in [3.8, 4) is 0 Å². The van der Waals surface area contributed by atoms with Gasteiger partial charge in [0.15, 0.2) is 0 Å². The molecule has 5 nitrogen and oxygen atoms in total. The van der Waals surface area contributed by atoms with Gasteiger partial charge in [-0.05, 0) is 74.0 Å². The lowest BCUT2D eigenvalue weighted by atomic mass is 9.49. The molecule has 0 aromatic rings. The largest absolute Gasteiger partial charge is 0.354 e. The van der Waals surface area contributed by atoms with Crippen molar-refractivity contribution in [3.05, 3.63) is 0 Å². The Morgan fingerprint density at radius 3 is 2.12 bits per heavy atom. The molecule has 4 N–H and O–H groups in total. The number of carbonyl (C=O) groups excluding carboxylic acids is 2. The molecule has 2 atom stereocenters. The van der Waals surface area contributed by atoms with Gasteiger partial charge in [-0.1, -0.05) is 20.3 Å². The monoisotopic (exact) mass is 335 g/mol. The molecule has 2 unspecified atom stereocenters. The van der Waals surface area contributed by atoms with E-state index in [2.05, 4.69) is 10.6 Å². The number of primary amides is 1. The molecule has 4 aliphatic carbocycles. The molecular weight excluding hydrogens is 302 g/mol. The summed E-state index contributed by atoms with van der Waals surface area (Å²) in [6.07, 6.45) is 10.4. The van der Waals surface area contributed by atoms with Crippen LogP contribution in [0.25, 0.3) is 0 Å². The highest BCUT2D eigenvalue weighted by atomic mass is 16.2. The summed E-state index contributed by atoms with van der Waals surface area (Å²) < 4.78 is 0. The van der Waals surface area contributed by atoms with Crippen molar-refractivity contribution < 1.29 is 9.59 Å². The zero-order valence-electron chi connectivity index (χ0n) is 15.1. The molecule has 4 aliphatic rings. The quantitative estimate of drug-likeness (QED) is 0.668. The lowest BCUT2D eigenvalue weighted by Crippen LogP contribution is -2.52. The zero-order chi connectivity index (χ0) is 17.3. The molecule has 0 aromatic heterocycles. The zero-order valence-corrected chi connectivity index (χ0v) is 15.1. The Bertz CT molecular complexity index is 456. The van der Waals surface area contributed by atoms with Gasteiger partial charge in [0.2, 0.25) is 5.91 Å². The number of nitrogens with two attached hydrogens (primary N) is 1. The number of urea groups is 1. The topological polar surface area (TPSA) is 84.2 Å². The van der Waals surface area contributed by atoms with E-state index in [1.807, 2.05) is 13.8 Å². The summed E-state index contributed by atoms with van der Waals surface area (Å²) in [5.74, 6) is 2.81. The third kappa shape index (κ3) is 3.70. The maximum atomic E-state index is 12.5. The van der Waals surface area contributed by atoms with Crippen LogP contribution in [0.15, 0.2) is 0 Å². The second kappa shape index (κ2) is 6.93. The van der Waals surface area contributed by atoms with E-state index in [0.717, 1.165) is 37.1 Å². The van der Waals surface area contributed by atoms with Crippen molar-refractivity contribution in [1.29, 1.82) is 0 Å². The van der Waals surface area contributed by atoms with E-state index < -0.39 is 12.1 Å². The fraction of sp³-hybridized carbons (Fsp3) is 0.895. The summed E-state index contributed by atoms with van der Waals surface area (Å²) >= 11 is 0. The van der Waals surface area contributed by atoms with Crippen LogP contribution in [0.5, 0.6) is 0 Å². The van der Waals surface area contributed by atoms with Gasteiger partial charge < -0.3 is 16.4 Å². The predicted octanol–water partition coefficient (Wildman–Crippen LogP) is 2.79. The Morgan fingerprint density at radius 2 is 1.67 bits per heavy atom. The maximum Gasteiger partial charge on any atom is 0.312 e. The van der Waals surface area contributed by atoms with Crippen LogP contribution in [0.2, 0.25) is 0 Å². The first kappa shape index (κ1) is 17.6. The van der Waals surface area contributed by atoms with E-state index in [-0.39, 0.29) is 11.8 Å². The van der Waals surface area contributed by atoms with E-state index in [0.29, 0.717) is 5.41 Å². The van der Waals surface area contributed by atoms with Gasteiger partial charge in [-0.2, -0.15) is 0 Å². The molecule has 4 saturated carbocycles. The van der Waals surface area contributed by atoms with Crippen molar-refractivity contribution in [3.63, 3.8) is 0 Å². The second-order valence-corrected chi connectivity index (χ2v) is 8.83. The summed E-state index contributed by atoms with van der Waals surface area (Å²) in [6, 6.07) is -1.15. The average Bonchev–Trinajstić information content (AvgIpc) is 2.50. The Morgan fingerprint density at radius 1 is 1.12 bits per heavy atom. The van der Waals surface area contributed by atoms with Gasteiger partial charge in [0.1, 0.15) is 6.04 Å². The van der Waals surface area contributed by atoms with Gasteiger partial charge in [-0.15, -0.1) is 0 Å². The van der Waals surface area contributed by atoms with E-state index in [4.69, 9.17) is 5.73 Å². The first-order valence-electron chi connectivity index (χ1n) is 9.74. The standard InChI is InChI=1S/C19H33N3O2/c1-3-12(2)16(22-18(20)24)17(23)21-5-4-19-9-13-6-14(10-19)8-15(7-13)11-19/h12-16H,3-11H2,1-2H3,(H,21,23)(H3,20,22,24). The van der Waals surface area contributed by atoms with Crippen LogP contribution < -0.4 is 16.4 Å². The van der Waals surface area contributed by atoms with Crippen LogP contribution in [0.3, 0.4) is 0 Å². The molecule has 5 heteroatoms. The minimum atomic E-state index is -0.628. The maximum absolute atomic E-state index is 12.5. The van der Waals surface area contributed by atoms with Crippen molar-refractivity contribution in [2.75, 3.05) is 6.54 Å². The minimum Gasteiger partial charge on any atom is -0.354 e. The van der Waals surface area contributed by atoms with Gasteiger partial charge in [0, 0.05) is 6.54 Å². The van der Waals surface area contributed by atoms with Crippen molar-refractivity contribution in [1.82, 2.24) is 10.6 Å². The van der Waals surface area contributed by atoms with Gasteiger partial charge in [-0.3, -0.25) is 4.79 Å². The number of nitrogens with one attached hydrogen (secondary N) is 2. The highest BCUT2D eigenvalue weighted by Crippen LogP contribution is 2.61. The van der Waals surface area contributed by atoms with Gasteiger partial charge in [-0.25, -0.2) is 4.79 Å². The molecule has 0 aromatic carbocycles. The summed E-state index contributed by atoms with van der Waals surface area (Å²) in [7, 11) is 0. The Balaban J connectivity index is 1.51. The van der Waals surface area contributed by atoms with Crippen LogP contribution in [-0.2, 0) is 4.79 Å². The summed E-state index contributed by atoms with van der Waals surface area (Å²) in [5.41, 5.74) is 5.70. The summed E-state index contributed by atoms with van der Waals surface area (Å²) in [4.78, 5) is 23.7. The summed E-state index contributed by atoms with van der Waals surface area (Å²) in [6.45, 7) is 4.71. The van der Waals surface area contributed by atoms with Crippen LogP contribution in [0.4, 0.5) is 4.79 Å². The van der Waals surface area contributed by atoms with Crippen LogP contribution in [0.1, 0.15) is 65.2 Å². The fourth-order valence-corrected chi connectivity index (χ4v) is 6.01. The SMILES string of the molecule is CCC(C)C(NC(N)=O)C(=O)NCCC12CC3CC(CC(C3)C1)C2. The van der Waals surface area contributed by atoms with Crippen molar-refractivity contribution in [2.24, 2.45) is 34.8 Å². The number of hydrogen-bond acceptors (Lipinski definition) is 2. The molecular formula is C19H33N3O2. The van der Waals surface area contributed by atoms with Crippen LogP contribution >= 0.6 is 0 Å². The normalized spacial score (nSPS) is 36.2. The molecule has 0 radical (unpaired) electrons. The van der Waals surface area contributed by atoms with Gasteiger partial charge >= 0.3 is 6.03 Å². The smallest absolute Gasteiger partial charge is 0.312 e. The minimum absolute atomic E-state index is 0.0806. The van der Waals surface area contributed by atoms with E-state index in [1.165, 1.54) is 38.5 Å². The van der Waals surface area contributed by atoms with E-state index in [9.17, 15) is 9.59 Å². The lowest BCUT2D eigenvalue weighted by Gasteiger charge is -2.57. The highest BCUT2D eigenvalue weighted by Gasteiger charge is 2.50. The number of rotatable bonds is 7. The predicted molar refractivity (Wildman–Crippen MR) is 94.2 cm³/mol. The van der Waals surface area contributed by atoms with Gasteiger partial charge in [0.05, 0.1) is 0 Å². The molecule has 0 heterocycles. The Kier molecular flexibility index (Phi) is 5.07. The molecule has 4 rings (SSSR count). The van der Waals surface area contributed by atoms with E-state index >= 15 is 0 Å². The van der Waals surface area contributed by atoms with Crippen LogP contribution in [-0.4, -0.2) is 24.5 Å². The van der Waals surface area contributed by atoms with Crippen LogP contribution in [0, 0.1) is 29.1 Å². The highest BCUT2D eigenvalue weighted by molar-refractivity contribution is 5.86. The number of hydrogen-bond donors (Lipinski definition) is 3. The Hall–Kier alpha value is -1.26.